The van der Waals surface area contributed by atoms with Crippen molar-refractivity contribution >= 4 is 16.2 Å². The van der Waals surface area contributed by atoms with E-state index in [1.807, 2.05) is 9.44 Å². The maximum atomic E-state index is 10.9. The number of hydrogen-bond acceptors (Lipinski definition) is 3. The molecule has 0 fully saturated rings. The fourth-order valence-corrected chi connectivity index (χ4v) is 1.48. The molecule has 0 heterocycles. The fourth-order valence-electron chi connectivity index (χ4n) is 0.768. The summed E-state index contributed by atoms with van der Waals surface area (Å²) in [5, 5.41) is 8.61. The molecule has 0 aromatic heterocycles. The van der Waals surface area contributed by atoms with Crippen LogP contribution in [0.4, 0.5) is 0 Å². The second-order valence-electron chi connectivity index (χ2n) is 2.50. The van der Waals surface area contributed by atoms with Gasteiger partial charge in [0.05, 0.1) is 0 Å². The first-order chi connectivity index (χ1) is 5.93. The van der Waals surface area contributed by atoms with Crippen molar-refractivity contribution in [3.8, 4) is 0 Å². The SMILES string of the molecule is CCC[C@@H](NS(=O)(=O)NC)C(=O)O. The summed E-state index contributed by atoms with van der Waals surface area (Å²) in [6.07, 6.45) is 0.874. The van der Waals surface area contributed by atoms with E-state index in [0.717, 1.165) is 0 Å². The van der Waals surface area contributed by atoms with Gasteiger partial charge in [-0.15, -0.1) is 0 Å². The average molecular weight is 210 g/mol. The van der Waals surface area contributed by atoms with Crippen molar-refractivity contribution < 1.29 is 18.3 Å². The molecule has 0 rings (SSSR count). The van der Waals surface area contributed by atoms with E-state index in [9.17, 15) is 13.2 Å². The summed E-state index contributed by atoms with van der Waals surface area (Å²) in [7, 11) is -2.45. The summed E-state index contributed by atoms with van der Waals surface area (Å²) < 4.78 is 25.8. The van der Waals surface area contributed by atoms with Crippen LogP contribution in [-0.2, 0) is 15.0 Å². The van der Waals surface area contributed by atoms with Crippen LogP contribution in [0, 0.1) is 0 Å². The molecule has 0 aromatic rings. The summed E-state index contributed by atoms with van der Waals surface area (Å²) in [6.45, 7) is 1.78. The lowest BCUT2D eigenvalue weighted by molar-refractivity contribution is -0.139. The van der Waals surface area contributed by atoms with E-state index in [2.05, 4.69) is 0 Å². The molecule has 0 radical (unpaired) electrons. The number of carbonyl (C=O) groups is 1. The molecule has 0 aliphatic heterocycles. The molecule has 6 nitrogen and oxygen atoms in total. The van der Waals surface area contributed by atoms with Crippen molar-refractivity contribution in [3.63, 3.8) is 0 Å². The number of carboxylic acid groups (broad SMARTS) is 1. The number of carboxylic acids is 1. The van der Waals surface area contributed by atoms with Gasteiger partial charge < -0.3 is 5.11 Å². The molecule has 13 heavy (non-hydrogen) atoms. The second-order valence-corrected chi connectivity index (χ2v) is 4.16. The van der Waals surface area contributed by atoms with E-state index < -0.39 is 22.2 Å². The first kappa shape index (κ1) is 12.3. The molecule has 0 bridgehead atoms. The minimum atomic E-state index is -3.67. The van der Waals surface area contributed by atoms with Gasteiger partial charge in [0.1, 0.15) is 6.04 Å². The Hall–Kier alpha value is -0.660. The van der Waals surface area contributed by atoms with Gasteiger partial charge in [-0.2, -0.15) is 13.1 Å². The molecule has 0 unspecified atom stereocenters. The monoisotopic (exact) mass is 210 g/mol. The lowest BCUT2D eigenvalue weighted by Crippen LogP contribution is -2.45. The summed E-state index contributed by atoms with van der Waals surface area (Å²) in [6, 6.07) is -1.05. The van der Waals surface area contributed by atoms with Crippen molar-refractivity contribution in [3.05, 3.63) is 0 Å². The molecule has 7 heteroatoms. The summed E-state index contributed by atoms with van der Waals surface area (Å²) >= 11 is 0. The van der Waals surface area contributed by atoms with Crippen LogP contribution in [-0.4, -0.2) is 32.6 Å². The molecule has 3 N–H and O–H groups in total. The number of nitrogens with one attached hydrogen (secondary N) is 2. The van der Waals surface area contributed by atoms with Gasteiger partial charge in [0.15, 0.2) is 0 Å². The van der Waals surface area contributed by atoms with E-state index in [1.54, 1.807) is 6.92 Å². The fraction of sp³-hybridized carbons (Fsp3) is 0.833. The topological polar surface area (TPSA) is 95.5 Å². The average Bonchev–Trinajstić information content (AvgIpc) is 2.03. The van der Waals surface area contributed by atoms with Crippen LogP contribution >= 0.6 is 0 Å². The summed E-state index contributed by atoms with van der Waals surface area (Å²) in [4.78, 5) is 10.5. The van der Waals surface area contributed by atoms with Gasteiger partial charge in [0, 0.05) is 7.05 Å². The summed E-state index contributed by atoms with van der Waals surface area (Å²) in [5.74, 6) is -1.17. The first-order valence-electron chi connectivity index (χ1n) is 3.86. The molecule has 78 valence electrons. The molecule has 0 amide bonds. The second kappa shape index (κ2) is 5.15. The highest BCUT2D eigenvalue weighted by Gasteiger charge is 2.21. The van der Waals surface area contributed by atoms with Crippen LogP contribution in [0.15, 0.2) is 0 Å². The Labute approximate surface area is 77.5 Å². The van der Waals surface area contributed by atoms with Gasteiger partial charge in [0.25, 0.3) is 10.2 Å². The van der Waals surface area contributed by atoms with Crippen LogP contribution in [0.1, 0.15) is 19.8 Å². The zero-order valence-corrected chi connectivity index (χ0v) is 8.39. The Balaban J connectivity index is 4.35. The molecular weight excluding hydrogens is 196 g/mol. The Morgan fingerprint density at radius 1 is 1.54 bits per heavy atom. The Morgan fingerprint density at radius 2 is 2.08 bits per heavy atom. The Morgan fingerprint density at radius 3 is 2.38 bits per heavy atom. The minimum Gasteiger partial charge on any atom is -0.480 e. The van der Waals surface area contributed by atoms with Crippen molar-refractivity contribution in [1.82, 2.24) is 9.44 Å². The van der Waals surface area contributed by atoms with Crippen molar-refractivity contribution in [2.24, 2.45) is 0 Å². The van der Waals surface area contributed by atoms with E-state index in [-0.39, 0.29) is 6.42 Å². The smallest absolute Gasteiger partial charge is 0.321 e. The van der Waals surface area contributed by atoms with Gasteiger partial charge in [-0.1, -0.05) is 13.3 Å². The molecule has 0 aromatic carbocycles. The third-order valence-corrected chi connectivity index (χ3v) is 2.57. The van der Waals surface area contributed by atoms with Gasteiger partial charge in [-0.3, -0.25) is 4.79 Å². The van der Waals surface area contributed by atoms with Crippen molar-refractivity contribution in [1.29, 1.82) is 0 Å². The third-order valence-electron chi connectivity index (χ3n) is 1.44. The van der Waals surface area contributed by atoms with E-state index in [0.29, 0.717) is 6.42 Å². The highest BCUT2D eigenvalue weighted by atomic mass is 32.2. The normalized spacial score (nSPS) is 14.0. The highest BCUT2D eigenvalue weighted by Crippen LogP contribution is 1.97. The molecule has 0 aliphatic rings. The van der Waals surface area contributed by atoms with Crippen molar-refractivity contribution in [2.45, 2.75) is 25.8 Å². The van der Waals surface area contributed by atoms with Gasteiger partial charge in [-0.25, -0.2) is 4.72 Å². The maximum Gasteiger partial charge on any atom is 0.321 e. The maximum absolute atomic E-state index is 10.9. The predicted molar refractivity (Wildman–Crippen MR) is 47.4 cm³/mol. The molecular formula is C6H14N2O4S. The molecule has 0 aliphatic carbocycles. The molecule has 0 saturated carbocycles. The molecule has 0 spiro atoms. The molecule has 1 atom stereocenters. The van der Waals surface area contributed by atoms with Crippen LogP contribution in [0.25, 0.3) is 0 Å². The zero-order chi connectivity index (χ0) is 10.5. The van der Waals surface area contributed by atoms with E-state index in [1.165, 1.54) is 7.05 Å². The number of aliphatic carboxylic acids is 1. The highest BCUT2D eigenvalue weighted by molar-refractivity contribution is 7.87. The van der Waals surface area contributed by atoms with Crippen molar-refractivity contribution in [2.75, 3.05) is 7.05 Å². The van der Waals surface area contributed by atoms with E-state index in [4.69, 9.17) is 5.11 Å². The van der Waals surface area contributed by atoms with Crippen LogP contribution in [0.3, 0.4) is 0 Å². The quantitative estimate of drug-likeness (QED) is 0.540. The largest absolute Gasteiger partial charge is 0.480 e. The zero-order valence-electron chi connectivity index (χ0n) is 7.57. The van der Waals surface area contributed by atoms with Gasteiger partial charge in [-0.05, 0) is 6.42 Å². The number of hydrogen-bond donors (Lipinski definition) is 3. The number of rotatable bonds is 6. The molecule has 0 saturated heterocycles. The van der Waals surface area contributed by atoms with Gasteiger partial charge >= 0.3 is 5.97 Å². The first-order valence-corrected chi connectivity index (χ1v) is 5.35. The lowest BCUT2D eigenvalue weighted by Gasteiger charge is -2.12. The Kier molecular flexibility index (Phi) is 4.89. The van der Waals surface area contributed by atoms with Crippen LogP contribution in [0.2, 0.25) is 0 Å². The minimum absolute atomic E-state index is 0.274. The third kappa shape index (κ3) is 4.81. The van der Waals surface area contributed by atoms with E-state index >= 15 is 0 Å². The van der Waals surface area contributed by atoms with Crippen LogP contribution in [0.5, 0.6) is 0 Å². The predicted octanol–water partition coefficient (Wildman–Crippen LogP) is -0.706. The standard InChI is InChI=1S/C6H14N2O4S/c1-3-4-5(6(9)10)8-13(11,12)7-2/h5,7-8H,3-4H2,1-2H3,(H,9,10)/t5-/m1/s1. The Bertz CT molecular complexity index is 262. The summed E-state index contributed by atoms with van der Waals surface area (Å²) in [5.41, 5.74) is 0. The van der Waals surface area contributed by atoms with Crippen LogP contribution < -0.4 is 9.44 Å². The van der Waals surface area contributed by atoms with Gasteiger partial charge in [0.2, 0.25) is 0 Å². The lowest BCUT2D eigenvalue weighted by atomic mass is 10.2.